The van der Waals surface area contributed by atoms with E-state index in [1.165, 1.54) is 0 Å². The van der Waals surface area contributed by atoms with Crippen LogP contribution in [0.4, 0.5) is 5.82 Å². The Morgan fingerprint density at radius 1 is 1.38 bits per heavy atom. The van der Waals surface area contributed by atoms with Crippen LogP contribution < -0.4 is 10.6 Å². The van der Waals surface area contributed by atoms with Crippen molar-refractivity contribution in [3.63, 3.8) is 0 Å². The first-order valence-electron chi connectivity index (χ1n) is 8.53. The summed E-state index contributed by atoms with van der Waals surface area (Å²) >= 11 is 0. The van der Waals surface area contributed by atoms with Gasteiger partial charge in [0.2, 0.25) is 0 Å². The van der Waals surface area contributed by atoms with Gasteiger partial charge < -0.3 is 20.4 Å². The highest BCUT2D eigenvalue weighted by atomic mass is 16.5. The molecule has 0 unspecified atom stereocenters. The summed E-state index contributed by atoms with van der Waals surface area (Å²) in [6, 6.07) is 6.32. The van der Waals surface area contributed by atoms with Crippen molar-refractivity contribution in [2.45, 2.75) is 38.3 Å². The monoisotopic (exact) mass is 326 g/mol. The third-order valence-corrected chi connectivity index (χ3v) is 4.71. The van der Waals surface area contributed by atoms with Crippen molar-refractivity contribution in [2.24, 2.45) is 0 Å². The van der Waals surface area contributed by atoms with Gasteiger partial charge in [0.1, 0.15) is 5.82 Å². The maximum atomic E-state index is 11.9. The highest BCUT2D eigenvalue weighted by Crippen LogP contribution is 2.26. The van der Waals surface area contributed by atoms with Crippen LogP contribution in [0.3, 0.4) is 0 Å². The van der Waals surface area contributed by atoms with Crippen molar-refractivity contribution >= 4 is 11.7 Å². The molecule has 2 aromatic rings. The van der Waals surface area contributed by atoms with Crippen LogP contribution >= 0.6 is 0 Å². The van der Waals surface area contributed by atoms with Crippen LogP contribution in [0.1, 0.15) is 35.8 Å². The molecular weight excluding hydrogens is 304 g/mol. The summed E-state index contributed by atoms with van der Waals surface area (Å²) in [5.74, 6) is 0.867. The summed E-state index contributed by atoms with van der Waals surface area (Å²) in [4.78, 5) is 19.7. The van der Waals surface area contributed by atoms with Crippen molar-refractivity contribution in [1.82, 2.24) is 15.3 Å². The second-order valence-electron chi connectivity index (χ2n) is 6.56. The first kappa shape index (κ1) is 15.2. The van der Waals surface area contributed by atoms with E-state index in [1.54, 1.807) is 6.20 Å². The molecule has 24 heavy (non-hydrogen) atoms. The number of nitrogens with one attached hydrogen (secondary N) is 3. The molecule has 3 N–H and O–H groups in total. The van der Waals surface area contributed by atoms with E-state index in [1.807, 2.05) is 18.2 Å². The van der Waals surface area contributed by atoms with E-state index in [9.17, 15) is 4.79 Å². The molecule has 2 aliphatic rings. The smallest absolute Gasteiger partial charge is 0.253 e. The lowest BCUT2D eigenvalue weighted by atomic mass is 10.0. The van der Waals surface area contributed by atoms with Gasteiger partial charge in [-0.05, 0) is 38.0 Å². The number of pyridine rings is 1. The van der Waals surface area contributed by atoms with E-state index in [0.29, 0.717) is 12.6 Å². The minimum atomic E-state index is 0.00217. The number of nitrogens with zero attached hydrogens (tertiary/aromatic N) is 1. The highest BCUT2D eigenvalue weighted by molar-refractivity contribution is 5.97. The minimum Gasteiger partial charge on any atom is -0.378 e. The lowest BCUT2D eigenvalue weighted by Crippen LogP contribution is -2.32. The van der Waals surface area contributed by atoms with Gasteiger partial charge in [0.25, 0.3) is 5.91 Å². The molecule has 126 valence electrons. The second kappa shape index (κ2) is 6.28. The average molecular weight is 326 g/mol. The van der Waals surface area contributed by atoms with Gasteiger partial charge in [0.15, 0.2) is 0 Å². The summed E-state index contributed by atoms with van der Waals surface area (Å²) in [6.45, 7) is 3.58. The van der Waals surface area contributed by atoms with Gasteiger partial charge in [0, 0.05) is 48.8 Å². The third-order valence-electron chi connectivity index (χ3n) is 4.71. The third kappa shape index (κ3) is 3.01. The topological polar surface area (TPSA) is 79.0 Å². The number of rotatable bonds is 3. The lowest BCUT2D eigenvalue weighted by Gasteiger charge is -2.28. The molecular formula is C18H22N4O2. The standard InChI is InChI=1S/C18H22N4O2/c1-11-8-13(4-7-24-11)21-17-9-12(2-5-19-17)16-10-14-15(22-16)3-6-20-18(14)23/h2,5,9-11,13,22H,3-4,6-8H2,1H3,(H,19,21)(H,20,23)/t11-,13+/m0/s1. The molecule has 6 heteroatoms. The Bertz CT molecular complexity index is 755. The summed E-state index contributed by atoms with van der Waals surface area (Å²) in [6.07, 6.45) is 4.92. The zero-order valence-corrected chi connectivity index (χ0v) is 13.8. The maximum absolute atomic E-state index is 11.9. The zero-order chi connectivity index (χ0) is 16.5. The number of hydrogen-bond donors (Lipinski definition) is 3. The quantitative estimate of drug-likeness (QED) is 0.809. The number of ether oxygens (including phenoxy) is 1. The molecule has 6 nitrogen and oxygen atoms in total. The number of H-pyrrole nitrogens is 1. The number of aromatic amines is 1. The van der Waals surface area contributed by atoms with Gasteiger partial charge in [-0.3, -0.25) is 4.79 Å². The summed E-state index contributed by atoms with van der Waals surface area (Å²) in [7, 11) is 0. The Labute approximate surface area is 141 Å². The normalized spacial score (nSPS) is 23.5. The number of carbonyl (C=O) groups is 1. The Hall–Kier alpha value is -2.34. The first-order chi connectivity index (χ1) is 11.7. The van der Waals surface area contributed by atoms with Crippen LogP contribution in [0.25, 0.3) is 11.3 Å². The van der Waals surface area contributed by atoms with E-state index in [2.05, 4.69) is 27.5 Å². The Morgan fingerprint density at radius 3 is 3.12 bits per heavy atom. The highest BCUT2D eigenvalue weighted by Gasteiger charge is 2.21. The van der Waals surface area contributed by atoms with Gasteiger partial charge in [-0.25, -0.2) is 4.98 Å². The van der Waals surface area contributed by atoms with Gasteiger partial charge >= 0.3 is 0 Å². The van der Waals surface area contributed by atoms with Gasteiger partial charge in [-0.2, -0.15) is 0 Å². The van der Waals surface area contributed by atoms with Gasteiger partial charge in [-0.15, -0.1) is 0 Å². The van der Waals surface area contributed by atoms with E-state index >= 15 is 0 Å². The number of carbonyl (C=O) groups excluding carboxylic acids is 1. The predicted octanol–water partition coefficient (Wildman–Crippen LogP) is 2.34. The van der Waals surface area contributed by atoms with Crippen molar-refractivity contribution < 1.29 is 9.53 Å². The molecule has 0 spiro atoms. The molecule has 0 bridgehead atoms. The van der Waals surface area contributed by atoms with E-state index in [4.69, 9.17) is 4.74 Å². The average Bonchev–Trinajstić information content (AvgIpc) is 3.01. The molecule has 2 atom stereocenters. The number of fused-ring (bicyclic) bond motifs is 1. The lowest BCUT2D eigenvalue weighted by molar-refractivity contribution is 0.0232. The van der Waals surface area contributed by atoms with Crippen molar-refractivity contribution in [1.29, 1.82) is 0 Å². The fourth-order valence-corrected chi connectivity index (χ4v) is 3.46. The van der Waals surface area contributed by atoms with E-state index in [-0.39, 0.29) is 12.0 Å². The first-order valence-corrected chi connectivity index (χ1v) is 8.53. The number of anilines is 1. The van der Waals surface area contributed by atoms with Gasteiger partial charge in [0.05, 0.1) is 11.7 Å². The van der Waals surface area contributed by atoms with E-state index in [0.717, 1.165) is 54.2 Å². The summed E-state index contributed by atoms with van der Waals surface area (Å²) in [5, 5.41) is 6.38. The Balaban J connectivity index is 1.55. The molecule has 1 fully saturated rings. The molecule has 0 aromatic carbocycles. The predicted molar refractivity (Wildman–Crippen MR) is 92.1 cm³/mol. The fourth-order valence-electron chi connectivity index (χ4n) is 3.46. The zero-order valence-electron chi connectivity index (χ0n) is 13.8. The Kier molecular flexibility index (Phi) is 3.98. The van der Waals surface area contributed by atoms with Crippen LogP contribution in [0.2, 0.25) is 0 Å². The van der Waals surface area contributed by atoms with Crippen LogP contribution in [-0.4, -0.2) is 41.2 Å². The van der Waals surface area contributed by atoms with Crippen LogP contribution in [-0.2, 0) is 11.2 Å². The van der Waals surface area contributed by atoms with Crippen molar-refractivity contribution in [2.75, 3.05) is 18.5 Å². The molecule has 1 amide bonds. The van der Waals surface area contributed by atoms with Crippen molar-refractivity contribution in [3.05, 3.63) is 35.7 Å². The molecule has 0 aliphatic carbocycles. The maximum Gasteiger partial charge on any atom is 0.253 e. The van der Waals surface area contributed by atoms with Gasteiger partial charge in [-0.1, -0.05) is 0 Å². The molecule has 0 radical (unpaired) electrons. The van der Waals surface area contributed by atoms with Crippen LogP contribution in [0, 0.1) is 0 Å². The SMILES string of the molecule is C[C@H]1C[C@H](Nc2cc(-c3cc4c([nH]3)CCNC4=O)ccn2)CCO1. The van der Waals surface area contributed by atoms with Crippen molar-refractivity contribution in [3.8, 4) is 11.3 Å². The number of amides is 1. The Morgan fingerprint density at radius 2 is 2.29 bits per heavy atom. The molecule has 4 rings (SSSR count). The molecule has 4 heterocycles. The molecule has 1 saturated heterocycles. The van der Waals surface area contributed by atoms with Crippen LogP contribution in [0.15, 0.2) is 24.4 Å². The number of aromatic nitrogens is 2. The van der Waals surface area contributed by atoms with Crippen LogP contribution in [0.5, 0.6) is 0 Å². The van der Waals surface area contributed by atoms with E-state index < -0.39 is 0 Å². The summed E-state index contributed by atoms with van der Waals surface area (Å²) in [5.41, 5.74) is 3.76. The molecule has 2 aliphatic heterocycles. The minimum absolute atomic E-state index is 0.00217. The fraction of sp³-hybridized carbons (Fsp3) is 0.444. The second-order valence-corrected chi connectivity index (χ2v) is 6.56. The molecule has 0 saturated carbocycles. The largest absolute Gasteiger partial charge is 0.378 e. The summed E-state index contributed by atoms with van der Waals surface area (Å²) < 4.78 is 5.59. The number of hydrogen-bond acceptors (Lipinski definition) is 4. The molecule has 2 aromatic heterocycles.